The number of rotatable bonds is 9. The quantitative estimate of drug-likeness (QED) is 0.405. The first kappa shape index (κ1) is 26.1. The Morgan fingerprint density at radius 2 is 1.78 bits per heavy atom. The van der Waals surface area contributed by atoms with Crippen molar-refractivity contribution in [1.82, 2.24) is 14.8 Å². The highest BCUT2D eigenvalue weighted by atomic mass is 35.5. The van der Waals surface area contributed by atoms with Gasteiger partial charge < -0.3 is 24.4 Å². The summed E-state index contributed by atoms with van der Waals surface area (Å²) in [5, 5.41) is 14.5. The number of nitrogens with one attached hydrogen (secondary N) is 1. The number of nitriles is 1. The Balaban J connectivity index is 1.65. The minimum absolute atomic E-state index is 0.360. The lowest BCUT2D eigenvalue weighted by molar-refractivity contribution is 0.132. The zero-order chi connectivity index (χ0) is 25.7. The number of halogens is 2. The van der Waals surface area contributed by atoms with Crippen LogP contribution in [0.1, 0.15) is 12.5 Å². The Hall–Kier alpha value is -2.96. The van der Waals surface area contributed by atoms with Crippen molar-refractivity contribution in [1.29, 1.82) is 5.26 Å². The third-order valence-electron chi connectivity index (χ3n) is 6.12. The number of pyridine rings is 1. The summed E-state index contributed by atoms with van der Waals surface area (Å²) >= 11 is 12.6. The molecule has 0 atom stereocenters. The topological polar surface area (TPSA) is 82.9 Å². The van der Waals surface area contributed by atoms with E-state index in [1.54, 1.807) is 12.1 Å². The molecular formula is C26H29Cl2N5O3. The van der Waals surface area contributed by atoms with Crippen molar-refractivity contribution in [3.63, 3.8) is 0 Å². The fraction of sp³-hybridized carbons (Fsp3) is 0.385. The van der Waals surface area contributed by atoms with E-state index in [9.17, 15) is 5.26 Å². The Morgan fingerprint density at radius 3 is 2.47 bits per heavy atom. The molecule has 4 rings (SSSR count). The molecule has 1 fully saturated rings. The van der Waals surface area contributed by atoms with E-state index in [2.05, 4.69) is 33.2 Å². The number of hydrogen-bond donors (Lipinski definition) is 1. The molecule has 1 N–H and O–H groups in total. The molecule has 10 heteroatoms. The molecule has 0 saturated carbocycles. The first-order valence-corrected chi connectivity index (χ1v) is 12.5. The van der Waals surface area contributed by atoms with Gasteiger partial charge in [0.05, 0.1) is 46.2 Å². The molecule has 36 heavy (non-hydrogen) atoms. The van der Waals surface area contributed by atoms with Crippen LogP contribution in [0.25, 0.3) is 10.9 Å². The standard InChI is InChI=1S/C26H29Cl2N5O3/c1-4-35-24-11-18-21(13-25(24)36-10-9-33-7-5-32(2)6-8-33)30-16-17(15-29)26(18)31-22-14-23(34-3)20(28)12-19(22)27/h11-14,16H,4-10H2,1-3H3,(H,30,31). The fourth-order valence-corrected chi connectivity index (χ4v) is 4.58. The predicted octanol–water partition coefficient (Wildman–Crippen LogP) is 5.19. The van der Waals surface area contributed by atoms with Crippen LogP contribution in [0.2, 0.25) is 10.0 Å². The lowest BCUT2D eigenvalue weighted by atomic mass is 10.1. The van der Waals surface area contributed by atoms with Gasteiger partial charge in [-0.15, -0.1) is 0 Å². The van der Waals surface area contributed by atoms with Gasteiger partial charge in [0, 0.05) is 56.4 Å². The number of methoxy groups -OCH3 is 1. The van der Waals surface area contributed by atoms with Gasteiger partial charge in [-0.2, -0.15) is 5.26 Å². The van der Waals surface area contributed by atoms with Gasteiger partial charge in [0.2, 0.25) is 0 Å². The van der Waals surface area contributed by atoms with E-state index in [-0.39, 0.29) is 0 Å². The number of ether oxygens (including phenoxy) is 3. The number of piperazine rings is 1. The van der Waals surface area contributed by atoms with Crippen LogP contribution in [-0.4, -0.2) is 74.9 Å². The van der Waals surface area contributed by atoms with Gasteiger partial charge in [-0.05, 0) is 26.1 Å². The zero-order valence-electron chi connectivity index (χ0n) is 20.6. The Morgan fingerprint density at radius 1 is 1.03 bits per heavy atom. The van der Waals surface area contributed by atoms with Crippen LogP contribution in [0.5, 0.6) is 17.2 Å². The predicted molar refractivity (Wildman–Crippen MR) is 143 cm³/mol. The lowest BCUT2D eigenvalue weighted by Crippen LogP contribution is -2.45. The summed E-state index contributed by atoms with van der Waals surface area (Å²) < 4.78 is 17.4. The first-order chi connectivity index (χ1) is 17.4. The van der Waals surface area contributed by atoms with E-state index in [1.165, 1.54) is 13.3 Å². The molecule has 3 aromatic rings. The van der Waals surface area contributed by atoms with Gasteiger partial charge in [0.25, 0.3) is 0 Å². The first-order valence-electron chi connectivity index (χ1n) is 11.8. The van der Waals surface area contributed by atoms with Gasteiger partial charge >= 0.3 is 0 Å². The minimum atomic E-state index is 0.360. The van der Waals surface area contributed by atoms with Crippen LogP contribution in [0.3, 0.4) is 0 Å². The average Bonchev–Trinajstić information content (AvgIpc) is 2.87. The van der Waals surface area contributed by atoms with Crippen LogP contribution in [0.4, 0.5) is 11.4 Å². The van der Waals surface area contributed by atoms with Crippen molar-refractivity contribution in [2.45, 2.75) is 6.92 Å². The van der Waals surface area contributed by atoms with Gasteiger partial charge in [-0.3, -0.25) is 9.88 Å². The summed E-state index contributed by atoms with van der Waals surface area (Å²) in [5.74, 6) is 1.67. The van der Waals surface area contributed by atoms with Gasteiger partial charge in [-0.25, -0.2) is 0 Å². The van der Waals surface area contributed by atoms with Crippen LogP contribution in [0.15, 0.2) is 30.5 Å². The summed E-state index contributed by atoms with van der Waals surface area (Å²) in [5.41, 5.74) is 2.12. The van der Waals surface area contributed by atoms with Gasteiger partial charge in [0.1, 0.15) is 18.4 Å². The SMILES string of the molecule is CCOc1cc2c(Nc3cc(OC)c(Cl)cc3Cl)c(C#N)cnc2cc1OCCN1CCN(C)CC1. The third kappa shape index (κ3) is 5.88. The number of likely N-dealkylation sites (N-methyl/N-ethyl adjacent to an activating group) is 1. The number of anilines is 2. The highest BCUT2D eigenvalue weighted by molar-refractivity contribution is 6.37. The highest BCUT2D eigenvalue weighted by Gasteiger charge is 2.18. The molecule has 1 aliphatic heterocycles. The van der Waals surface area contributed by atoms with E-state index in [4.69, 9.17) is 37.4 Å². The third-order valence-corrected chi connectivity index (χ3v) is 6.72. The van der Waals surface area contributed by atoms with Crippen molar-refractivity contribution >= 4 is 45.5 Å². The van der Waals surface area contributed by atoms with Crippen molar-refractivity contribution < 1.29 is 14.2 Å². The van der Waals surface area contributed by atoms with Crippen molar-refractivity contribution in [3.05, 3.63) is 46.1 Å². The van der Waals surface area contributed by atoms with Crippen LogP contribution >= 0.6 is 23.2 Å². The normalized spacial score (nSPS) is 14.4. The molecule has 1 saturated heterocycles. The molecular weight excluding hydrogens is 501 g/mol. The molecule has 190 valence electrons. The second-order valence-corrected chi connectivity index (χ2v) is 9.31. The molecule has 0 bridgehead atoms. The van der Waals surface area contributed by atoms with Crippen LogP contribution in [0, 0.1) is 11.3 Å². The van der Waals surface area contributed by atoms with E-state index in [0.717, 1.165) is 32.7 Å². The molecule has 0 unspecified atom stereocenters. The maximum Gasteiger partial charge on any atom is 0.163 e. The summed E-state index contributed by atoms with van der Waals surface area (Å²) in [6.45, 7) is 7.94. The van der Waals surface area contributed by atoms with E-state index in [1.807, 2.05) is 19.1 Å². The van der Waals surface area contributed by atoms with Gasteiger partial charge in [-0.1, -0.05) is 23.2 Å². The average molecular weight is 530 g/mol. The zero-order valence-corrected chi connectivity index (χ0v) is 22.1. The second-order valence-electron chi connectivity index (χ2n) is 8.49. The second kappa shape index (κ2) is 11.8. The molecule has 2 heterocycles. The molecule has 8 nitrogen and oxygen atoms in total. The van der Waals surface area contributed by atoms with Crippen molar-refractivity contribution in [3.8, 4) is 23.3 Å². The number of benzene rings is 2. The Labute approximate surface area is 221 Å². The van der Waals surface area contributed by atoms with Crippen LogP contribution in [-0.2, 0) is 0 Å². The molecule has 0 aliphatic carbocycles. The summed E-state index contributed by atoms with van der Waals surface area (Å²) in [4.78, 5) is 9.22. The largest absolute Gasteiger partial charge is 0.495 e. The summed E-state index contributed by atoms with van der Waals surface area (Å²) in [6, 6.07) is 9.18. The molecule has 0 amide bonds. The fourth-order valence-electron chi connectivity index (χ4n) is 4.07. The number of hydrogen-bond acceptors (Lipinski definition) is 8. The maximum atomic E-state index is 9.78. The van der Waals surface area contributed by atoms with E-state index in [0.29, 0.717) is 68.3 Å². The van der Waals surface area contributed by atoms with Crippen molar-refractivity contribution in [2.24, 2.45) is 0 Å². The molecule has 0 spiro atoms. The molecule has 2 aromatic carbocycles. The Kier molecular flexibility index (Phi) is 8.60. The maximum absolute atomic E-state index is 9.78. The Bertz CT molecular complexity index is 1270. The molecule has 0 radical (unpaired) electrons. The summed E-state index contributed by atoms with van der Waals surface area (Å²) in [6.07, 6.45) is 1.53. The van der Waals surface area contributed by atoms with Gasteiger partial charge in [0.15, 0.2) is 11.5 Å². The van der Waals surface area contributed by atoms with E-state index < -0.39 is 0 Å². The highest BCUT2D eigenvalue weighted by Crippen LogP contribution is 2.40. The van der Waals surface area contributed by atoms with E-state index >= 15 is 0 Å². The molecule has 1 aromatic heterocycles. The molecule has 1 aliphatic rings. The minimum Gasteiger partial charge on any atom is -0.495 e. The number of aromatic nitrogens is 1. The smallest absolute Gasteiger partial charge is 0.163 e. The van der Waals surface area contributed by atoms with Crippen LogP contribution < -0.4 is 19.5 Å². The van der Waals surface area contributed by atoms with Crippen molar-refractivity contribution in [2.75, 3.05) is 65.4 Å². The monoisotopic (exact) mass is 529 g/mol. The summed E-state index contributed by atoms with van der Waals surface area (Å²) in [7, 11) is 3.67. The number of fused-ring (bicyclic) bond motifs is 1. The lowest BCUT2D eigenvalue weighted by Gasteiger charge is -2.32. The number of nitrogens with zero attached hydrogens (tertiary/aromatic N) is 4.